The molecule has 0 amide bonds. The van der Waals surface area contributed by atoms with Crippen molar-refractivity contribution in [1.82, 2.24) is 0 Å². The Bertz CT molecular complexity index is 1160. The Morgan fingerprint density at radius 2 is 1.66 bits per heavy atom. The van der Waals surface area contributed by atoms with Crippen LogP contribution in [-0.2, 0) is 0 Å². The molecular formula is C26H28ClN3O5. The third-order valence-corrected chi connectivity index (χ3v) is 5.57. The number of nitrogens with one attached hydrogen (secondary N) is 1. The van der Waals surface area contributed by atoms with E-state index in [4.69, 9.17) is 25.8 Å². The van der Waals surface area contributed by atoms with E-state index in [0.29, 0.717) is 43.4 Å². The van der Waals surface area contributed by atoms with Crippen molar-refractivity contribution < 1.29 is 19.1 Å². The van der Waals surface area contributed by atoms with Gasteiger partial charge in [-0.2, -0.15) is 5.10 Å². The number of non-ortho nitro benzene ring substituents is 1. The molecule has 35 heavy (non-hydrogen) atoms. The summed E-state index contributed by atoms with van der Waals surface area (Å²) in [6.45, 7) is 7.31. The van der Waals surface area contributed by atoms with Crippen molar-refractivity contribution in [2.45, 2.75) is 27.2 Å². The van der Waals surface area contributed by atoms with Crippen LogP contribution in [0.3, 0.4) is 0 Å². The fraction of sp³-hybridized carbons (Fsp3) is 0.269. The molecule has 1 N–H and O–H groups in total. The minimum absolute atomic E-state index is 0.0261. The number of benzene rings is 3. The number of hydrogen-bond donors (Lipinski definition) is 1. The van der Waals surface area contributed by atoms with E-state index >= 15 is 0 Å². The zero-order valence-electron chi connectivity index (χ0n) is 19.9. The third kappa shape index (κ3) is 7.61. The lowest BCUT2D eigenvalue weighted by Crippen LogP contribution is -2.06. The highest BCUT2D eigenvalue weighted by molar-refractivity contribution is 6.32. The van der Waals surface area contributed by atoms with E-state index in [0.717, 1.165) is 27.5 Å². The van der Waals surface area contributed by atoms with Crippen LogP contribution in [-0.4, -0.2) is 31.0 Å². The number of nitrogens with zero attached hydrogens (tertiary/aromatic N) is 2. The van der Waals surface area contributed by atoms with Gasteiger partial charge in [-0.1, -0.05) is 11.6 Å². The van der Waals surface area contributed by atoms with Gasteiger partial charge in [0.1, 0.15) is 5.75 Å². The average molecular weight is 498 g/mol. The van der Waals surface area contributed by atoms with Gasteiger partial charge in [-0.05, 0) is 79.9 Å². The van der Waals surface area contributed by atoms with Crippen molar-refractivity contribution in [3.63, 3.8) is 0 Å². The van der Waals surface area contributed by atoms with Crippen molar-refractivity contribution >= 4 is 29.2 Å². The number of aryl methyl sites for hydroxylation is 2. The molecule has 0 bridgehead atoms. The number of rotatable bonds is 12. The van der Waals surface area contributed by atoms with E-state index < -0.39 is 4.92 Å². The molecule has 0 radical (unpaired) electrons. The molecule has 0 aliphatic carbocycles. The molecule has 0 fully saturated rings. The molecule has 8 nitrogen and oxygen atoms in total. The maximum atomic E-state index is 10.7. The van der Waals surface area contributed by atoms with Crippen LogP contribution >= 0.6 is 11.6 Å². The minimum atomic E-state index is -0.444. The second-order valence-corrected chi connectivity index (χ2v) is 8.11. The summed E-state index contributed by atoms with van der Waals surface area (Å²) >= 11 is 6.20. The first-order chi connectivity index (χ1) is 16.9. The molecule has 3 aromatic rings. The van der Waals surface area contributed by atoms with E-state index in [1.807, 2.05) is 51.1 Å². The molecule has 3 aromatic carbocycles. The molecule has 0 aliphatic rings. The number of nitro groups is 1. The maximum absolute atomic E-state index is 10.7. The predicted molar refractivity (Wildman–Crippen MR) is 138 cm³/mol. The van der Waals surface area contributed by atoms with Crippen LogP contribution in [0.25, 0.3) is 0 Å². The van der Waals surface area contributed by atoms with Crippen LogP contribution < -0.4 is 19.6 Å². The van der Waals surface area contributed by atoms with Crippen molar-refractivity contribution in [1.29, 1.82) is 0 Å². The van der Waals surface area contributed by atoms with E-state index in [9.17, 15) is 10.1 Å². The first kappa shape index (κ1) is 25.8. The SMILES string of the molecule is CCOc1cc(C=NNc2ccc([N+](=O)[O-])cc2)ccc1OCCCOc1cc(C)c(Cl)c(C)c1. The summed E-state index contributed by atoms with van der Waals surface area (Å²) in [7, 11) is 0. The highest BCUT2D eigenvalue weighted by Crippen LogP contribution is 2.29. The lowest BCUT2D eigenvalue weighted by Gasteiger charge is -2.13. The average Bonchev–Trinajstić information content (AvgIpc) is 2.84. The summed E-state index contributed by atoms with van der Waals surface area (Å²) < 4.78 is 17.5. The van der Waals surface area contributed by atoms with Crippen molar-refractivity contribution in [2.75, 3.05) is 25.2 Å². The zero-order chi connectivity index (χ0) is 25.2. The van der Waals surface area contributed by atoms with Crippen molar-refractivity contribution in [3.05, 3.63) is 86.4 Å². The summed E-state index contributed by atoms with van der Waals surface area (Å²) in [5.41, 5.74) is 6.31. The Labute approximate surface area is 209 Å². The summed E-state index contributed by atoms with van der Waals surface area (Å²) in [5, 5.41) is 15.7. The van der Waals surface area contributed by atoms with E-state index in [1.165, 1.54) is 12.1 Å². The molecule has 0 aromatic heterocycles. The van der Waals surface area contributed by atoms with E-state index in [2.05, 4.69) is 10.5 Å². The maximum Gasteiger partial charge on any atom is 0.269 e. The van der Waals surface area contributed by atoms with Crippen molar-refractivity contribution in [3.8, 4) is 17.2 Å². The summed E-state index contributed by atoms with van der Waals surface area (Å²) in [5.74, 6) is 2.06. The number of halogens is 1. The van der Waals surface area contributed by atoms with Crippen LogP contribution in [0.1, 0.15) is 30.0 Å². The lowest BCUT2D eigenvalue weighted by molar-refractivity contribution is -0.384. The van der Waals surface area contributed by atoms with Crippen LogP contribution in [0.5, 0.6) is 17.2 Å². The Kier molecular flexibility index (Phi) is 9.31. The monoisotopic (exact) mass is 497 g/mol. The van der Waals surface area contributed by atoms with Gasteiger partial charge in [-0.25, -0.2) is 0 Å². The van der Waals surface area contributed by atoms with Crippen molar-refractivity contribution in [2.24, 2.45) is 5.10 Å². The zero-order valence-corrected chi connectivity index (χ0v) is 20.7. The number of anilines is 1. The van der Waals surface area contributed by atoms with Gasteiger partial charge in [0.2, 0.25) is 0 Å². The van der Waals surface area contributed by atoms with Crippen LogP contribution in [0, 0.1) is 24.0 Å². The number of hydrazone groups is 1. The van der Waals surface area contributed by atoms with Gasteiger partial charge >= 0.3 is 0 Å². The first-order valence-electron chi connectivity index (χ1n) is 11.2. The van der Waals surface area contributed by atoms with Crippen LogP contribution in [0.4, 0.5) is 11.4 Å². The van der Waals surface area contributed by atoms with Crippen LogP contribution in [0.2, 0.25) is 5.02 Å². The van der Waals surface area contributed by atoms with Gasteiger partial charge in [0.05, 0.1) is 36.6 Å². The third-order valence-electron chi connectivity index (χ3n) is 4.98. The smallest absolute Gasteiger partial charge is 0.269 e. The van der Waals surface area contributed by atoms with Gasteiger partial charge in [-0.3, -0.25) is 15.5 Å². The molecule has 0 aliphatic heterocycles. The van der Waals surface area contributed by atoms with E-state index in [1.54, 1.807) is 18.3 Å². The fourth-order valence-electron chi connectivity index (χ4n) is 3.25. The van der Waals surface area contributed by atoms with Gasteiger partial charge < -0.3 is 14.2 Å². The Hall–Kier alpha value is -3.78. The molecule has 184 valence electrons. The Morgan fingerprint density at radius 1 is 0.971 bits per heavy atom. The molecule has 0 spiro atoms. The summed E-state index contributed by atoms with van der Waals surface area (Å²) in [6, 6.07) is 15.4. The summed E-state index contributed by atoms with van der Waals surface area (Å²) in [6.07, 6.45) is 2.34. The van der Waals surface area contributed by atoms with Gasteiger partial charge in [-0.15, -0.1) is 0 Å². The number of hydrogen-bond acceptors (Lipinski definition) is 7. The molecule has 9 heteroatoms. The van der Waals surface area contributed by atoms with Gasteiger partial charge in [0, 0.05) is 23.6 Å². The largest absolute Gasteiger partial charge is 0.493 e. The van der Waals surface area contributed by atoms with E-state index in [-0.39, 0.29) is 5.69 Å². The molecule has 0 saturated heterocycles. The highest BCUT2D eigenvalue weighted by Gasteiger charge is 2.08. The quantitative estimate of drug-likeness (QED) is 0.132. The second kappa shape index (κ2) is 12.6. The second-order valence-electron chi connectivity index (χ2n) is 7.73. The molecule has 0 saturated carbocycles. The predicted octanol–water partition coefficient (Wildman–Crippen LogP) is 6.56. The molecule has 0 unspecified atom stereocenters. The topological polar surface area (TPSA) is 95.2 Å². The molecule has 0 heterocycles. The lowest BCUT2D eigenvalue weighted by atomic mass is 10.1. The fourth-order valence-corrected chi connectivity index (χ4v) is 3.36. The molecular weight excluding hydrogens is 470 g/mol. The highest BCUT2D eigenvalue weighted by atomic mass is 35.5. The Balaban J connectivity index is 1.51. The molecule has 0 atom stereocenters. The number of nitro benzene ring substituents is 1. The Morgan fingerprint density at radius 3 is 2.31 bits per heavy atom. The normalized spacial score (nSPS) is 10.9. The van der Waals surface area contributed by atoms with Gasteiger partial charge in [0.15, 0.2) is 11.5 Å². The van der Waals surface area contributed by atoms with Crippen LogP contribution in [0.15, 0.2) is 59.7 Å². The van der Waals surface area contributed by atoms with Gasteiger partial charge in [0.25, 0.3) is 5.69 Å². The standard InChI is InChI=1S/C26H28ClN3O5/c1-4-33-25-16-20(17-28-29-21-7-9-22(10-8-21)30(31)32)6-11-24(25)35-13-5-12-34-23-14-18(2)26(27)19(3)15-23/h6-11,14-17,29H,4-5,12-13H2,1-3H3. The minimum Gasteiger partial charge on any atom is -0.493 e. The molecule has 3 rings (SSSR count). The summed E-state index contributed by atoms with van der Waals surface area (Å²) in [4.78, 5) is 10.3. The number of ether oxygens (including phenoxy) is 3. The first-order valence-corrected chi connectivity index (χ1v) is 11.6.